The van der Waals surface area contributed by atoms with Gasteiger partial charge < -0.3 is 20.7 Å². The van der Waals surface area contributed by atoms with Crippen LogP contribution in [0.15, 0.2) is 48.5 Å². The van der Waals surface area contributed by atoms with Gasteiger partial charge in [-0.2, -0.15) is 26.3 Å². The number of carbonyl (C=O) groups excluding carboxylic acids is 3. The molecule has 3 N–H and O–H groups in total. The van der Waals surface area contributed by atoms with Crippen LogP contribution < -0.4 is 16.0 Å². The number of hydrogen-bond donors (Lipinski definition) is 3. The maximum Gasteiger partial charge on any atom is 0.416 e. The first-order valence-corrected chi connectivity index (χ1v) is 14.8. The number of nitrogens with one attached hydrogen (secondary N) is 3. The lowest BCUT2D eigenvalue weighted by Crippen LogP contribution is -2.33. The van der Waals surface area contributed by atoms with Gasteiger partial charge in [-0.3, -0.25) is 14.4 Å². The third-order valence-corrected chi connectivity index (χ3v) is 7.77. The first-order valence-electron chi connectivity index (χ1n) is 13.7. The van der Waals surface area contributed by atoms with Crippen molar-refractivity contribution in [3.8, 4) is 0 Å². The third-order valence-electron chi connectivity index (χ3n) is 7.00. The van der Waals surface area contributed by atoms with E-state index in [2.05, 4.69) is 16.0 Å². The standard InChI is InChI=1S/C30H22Cl3F8N3O4/c1-28(32,33)22(13-9-14(29(36,37)38)11-15(10-13)30(39,40)41)27(47)42-16-4-5-18(31)17(12-16)25(45)43-20-7-6-19(34)24(23(20)35)44-26(46)21-3-2-8-48-21/h4-7,9-12,21-22H,2-3,8H2,1H3,(H,42,47)(H,43,45)(H,44,46). The van der Waals surface area contributed by atoms with Gasteiger partial charge in [-0.1, -0.05) is 11.6 Å². The highest BCUT2D eigenvalue weighted by atomic mass is 35.5. The molecule has 0 saturated carbocycles. The van der Waals surface area contributed by atoms with E-state index in [0.29, 0.717) is 31.6 Å². The number of alkyl halides is 8. The maximum atomic E-state index is 15.2. The van der Waals surface area contributed by atoms with Gasteiger partial charge in [-0.25, -0.2) is 8.78 Å². The van der Waals surface area contributed by atoms with Gasteiger partial charge in [0.1, 0.15) is 21.9 Å². The van der Waals surface area contributed by atoms with Gasteiger partial charge in [0, 0.05) is 12.3 Å². The summed E-state index contributed by atoms with van der Waals surface area (Å²) in [5.41, 5.74) is -6.34. The summed E-state index contributed by atoms with van der Waals surface area (Å²) < 4.78 is 114. The van der Waals surface area contributed by atoms with Gasteiger partial charge in [0.2, 0.25) is 5.91 Å². The molecule has 3 aromatic rings. The van der Waals surface area contributed by atoms with Crippen molar-refractivity contribution in [2.75, 3.05) is 22.6 Å². The summed E-state index contributed by atoms with van der Waals surface area (Å²) in [7, 11) is 0. The predicted molar refractivity (Wildman–Crippen MR) is 161 cm³/mol. The molecular weight excluding hydrogens is 725 g/mol. The Morgan fingerprint density at radius 1 is 0.875 bits per heavy atom. The largest absolute Gasteiger partial charge is 0.416 e. The van der Waals surface area contributed by atoms with Crippen molar-refractivity contribution in [1.82, 2.24) is 0 Å². The summed E-state index contributed by atoms with van der Waals surface area (Å²) in [6.45, 7) is 1.27. The smallest absolute Gasteiger partial charge is 0.368 e. The molecule has 18 heteroatoms. The number of hydrogen-bond acceptors (Lipinski definition) is 4. The highest BCUT2D eigenvalue weighted by Crippen LogP contribution is 2.43. The Balaban J connectivity index is 1.61. The molecular formula is C30H22Cl3F8N3O4. The van der Waals surface area contributed by atoms with Gasteiger partial charge in [-0.05, 0) is 73.9 Å². The molecule has 3 aromatic carbocycles. The van der Waals surface area contributed by atoms with Crippen LogP contribution in [-0.2, 0) is 26.7 Å². The Bertz CT molecular complexity index is 1710. The lowest BCUT2D eigenvalue weighted by molar-refractivity contribution is -0.143. The van der Waals surface area contributed by atoms with Crippen LogP contribution in [0.25, 0.3) is 0 Å². The van der Waals surface area contributed by atoms with E-state index in [1.54, 1.807) is 0 Å². The van der Waals surface area contributed by atoms with Gasteiger partial charge in [0.05, 0.1) is 33.3 Å². The van der Waals surface area contributed by atoms with Crippen LogP contribution in [0.1, 0.15) is 52.7 Å². The number of benzene rings is 3. The van der Waals surface area contributed by atoms with Crippen LogP contribution >= 0.6 is 34.8 Å². The van der Waals surface area contributed by atoms with Crippen molar-refractivity contribution in [2.45, 2.75) is 48.5 Å². The number of anilines is 3. The van der Waals surface area contributed by atoms with E-state index in [4.69, 9.17) is 39.5 Å². The normalized spacial score (nSPS) is 16.0. The maximum absolute atomic E-state index is 15.2. The molecule has 3 amide bonds. The van der Waals surface area contributed by atoms with Gasteiger partial charge in [0.15, 0.2) is 5.82 Å². The minimum absolute atomic E-state index is 0.132. The lowest BCUT2D eigenvalue weighted by atomic mass is 9.91. The molecule has 0 aromatic heterocycles. The Morgan fingerprint density at radius 2 is 1.50 bits per heavy atom. The summed E-state index contributed by atoms with van der Waals surface area (Å²) >= 11 is 18.3. The molecule has 1 heterocycles. The highest BCUT2D eigenvalue weighted by molar-refractivity contribution is 6.50. The number of carbonyl (C=O) groups is 3. The first kappa shape index (κ1) is 37.2. The van der Waals surface area contributed by atoms with Crippen molar-refractivity contribution >= 4 is 69.6 Å². The second-order valence-corrected chi connectivity index (χ2v) is 12.8. The van der Waals surface area contributed by atoms with E-state index in [1.165, 1.54) is 0 Å². The van der Waals surface area contributed by atoms with Crippen LogP contribution in [0.5, 0.6) is 0 Å². The molecule has 2 atom stereocenters. The topological polar surface area (TPSA) is 96.5 Å². The molecule has 1 aliphatic heterocycles. The number of halogens is 11. The molecule has 2 unspecified atom stereocenters. The average Bonchev–Trinajstić information content (AvgIpc) is 3.51. The van der Waals surface area contributed by atoms with Gasteiger partial charge in [0.25, 0.3) is 11.8 Å². The third kappa shape index (κ3) is 8.67. The molecule has 1 aliphatic rings. The van der Waals surface area contributed by atoms with E-state index in [0.717, 1.165) is 37.3 Å². The molecule has 0 bridgehead atoms. The summed E-state index contributed by atoms with van der Waals surface area (Å²) in [6.07, 6.45) is -10.5. The average molecular weight is 747 g/mol. The van der Waals surface area contributed by atoms with E-state index < -0.39 is 91.7 Å². The van der Waals surface area contributed by atoms with Gasteiger partial charge >= 0.3 is 12.4 Å². The minimum Gasteiger partial charge on any atom is -0.368 e. The molecule has 1 saturated heterocycles. The molecule has 1 fully saturated rings. The van der Waals surface area contributed by atoms with Crippen LogP contribution in [-0.4, -0.2) is 34.8 Å². The molecule has 0 radical (unpaired) electrons. The van der Waals surface area contributed by atoms with Crippen molar-refractivity contribution in [1.29, 1.82) is 0 Å². The fourth-order valence-corrected chi connectivity index (χ4v) is 5.41. The molecule has 48 heavy (non-hydrogen) atoms. The van der Waals surface area contributed by atoms with E-state index >= 15 is 4.39 Å². The fraction of sp³-hybridized carbons (Fsp3) is 0.300. The Hall–Kier alpha value is -3.66. The van der Waals surface area contributed by atoms with E-state index in [9.17, 15) is 45.1 Å². The van der Waals surface area contributed by atoms with Crippen molar-refractivity contribution in [2.24, 2.45) is 0 Å². The second kappa shape index (κ2) is 14.1. The van der Waals surface area contributed by atoms with Crippen molar-refractivity contribution in [3.63, 3.8) is 0 Å². The monoisotopic (exact) mass is 745 g/mol. The van der Waals surface area contributed by atoms with Gasteiger partial charge in [-0.15, -0.1) is 23.2 Å². The second-order valence-electron chi connectivity index (χ2n) is 10.6. The quantitative estimate of drug-likeness (QED) is 0.159. The highest BCUT2D eigenvalue weighted by Gasteiger charge is 2.42. The SMILES string of the molecule is CC(Cl)(Cl)C(C(=O)Nc1ccc(Cl)c(C(=O)Nc2ccc(F)c(NC(=O)C3CCCO3)c2F)c1)c1cc(C(F)(F)F)cc(C(F)(F)F)c1. The van der Waals surface area contributed by atoms with Crippen molar-refractivity contribution < 1.29 is 54.2 Å². The summed E-state index contributed by atoms with van der Waals surface area (Å²) in [5, 5.41) is 6.23. The molecule has 0 spiro atoms. The molecule has 4 rings (SSSR count). The zero-order valence-corrected chi connectivity index (χ0v) is 26.5. The number of ether oxygens (including phenoxy) is 1. The van der Waals surface area contributed by atoms with Crippen LogP contribution in [0.3, 0.4) is 0 Å². The van der Waals surface area contributed by atoms with Crippen LogP contribution in [0.4, 0.5) is 52.2 Å². The molecule has 258 valence electrons. The number of amides is 3. The molecule has 7 nitrogen and oxygen atoms in total. The van der Waals surface area contributed by atoms with Crippen LogP contribution in [0.2, 0.25) is 5.02 Å². The van der Waals surface area contributed by atoms with E-state index in [-0.39, 0.29) is 16.8 Å². The Morgan fingerprint density at radius 3 is 2.04 bits per heavy atom. The van der Waals surface area contributed by atoms with Crippen molar-refractivity contribution in [3.05, 3.63) is 87.4 Å². The first-order chi connectivity index (χ1) is 22.2. The lowest BCUT2D eigenvalue weighted by Gasteiger charge is -2.27. The summed E-state index contributed by atoms with van der Waals surface area (Å²) in [6, 6.07) is 5.31. The molecule has 0 aliphatic carbocycles. The Labute approximate surface area is 281 Å². The zero-order valence-electron chi connectivity index (χ0n) is 24.2. The van der Waals surface area contributed by atoms with E-state index in [1.807, 2.05) is 0 Å². The summed E-state index contributed by atoms with van der Waals surface area (Å²) in [5.74, 6) is -7.68. The predicted octanol–water partition coefficient (Wildman–Crippen LogP) is 8.94. The Kier molecular flexibility index (Phi) is 10.9. The fourth-order valence-electron chi connectivity index (χ4n) is 4.75. The zero-order chi connectivity index (χ0) is 35.8. The summed E-state index contributed by atoms with van der Waals surface area (Å²) in [4.78, 5) is 38.8. The minimum atomic E-state index is -5.23. The number of rotatable bonds is 8. The van der Waals surface area contributed by atoms with Crippen LogP contribution in [0, 0.1) is 11.6 Å².